The third kappa shape index (κ3) is 49.1. The van der Waals surface area contributed by atoms with Gasteiger partial charge in [0.2, 0.25) is 5.91 Å². The summed E-state index contributed by atoms with van der Waals surface area (Å²) in [6.45, 7) is 4.05. The van der Waals surface area contributed by atoms with E-state index in [1.165, 1.54) is 218 Å². The minimum absolute atomic E-state index is 0.359. The molecule has 0 radical (unpaired) electrons. The smallest absolute Gasteiger partial charge is 0.249 e. The Labute approximate surface area is 417 Å². The van der Waals surface area contributed by atoms with Crippen LogP contribution in [0.15, 0.2) is 48.6 Å². The van der Waals surface area contributed by atoms with Crippen LogP contribution in [0.5, 0.6) is 0 Å². The summed E-state index contributed by atoms with van der Waals surface area (Å²) in [5.41, 5.74) is 0. The number of aliphatic hydroxyl groups excluding tert-OH is 4. The lowest BCUT2D eigenvalue weighted by molar-refractivity contribution is -0.132. The molecule has 0 aliphatic carbocycles. The Morgan fingerprint density at radius 3 is 0.940 bits per heavy atom. The van der Waals surface area contributed by atoms with Gasteiger partial charge in [0.05, 0.1) is 18.8 Å². The molecule has 4 unspecified atom stereocenters. The summed E-state index contributed by atoms with van der Waals surface area (Å²) in [5, 5.41) is 43.9. The first-order valence-electron chi connectivity index (χ1n) is 29.5. The number of hydrogen-bond donors (Lipinski definition) is 5. The van der Waals surface area contributed by atoms with E-state index < -0.39 is 36.9 Å². The first-order chi connectivity index (χ1) is 33.0. The molecule has 6 heteroatoms. The fraction of sp³-hybridized carbons (Fsp3) is 0.852. The summed E-state index contributed by atoms with van der Waals surface area (Å²) >= 11 is 0. The third-order valence-electron chi connectivity index (χ3n) is 13.7. The van der Waals surface area contributed by atoms with Crippen molar-refractivity contribution in [2.24, 2.45) is 0 Å². The van der Waals surface area contributed by atoms with Gasteiger partial charge in [-0.3, -0.25) is 4.79 Å². The van der Waals surface area contributed by atoms with Crippen molar-refractivity contribution in [2.45, 2.75) is 327 Å². The van der Waals surface area contributed by atoms with Crippen LogP contribution < -0.4 is 5.32 Å². The van der Waals surface area contributed by atoms with E-state index in [4.69, 9.17) is 0 Å². The average molecular weight is 943 g/mol. The second-order valence-electron chi connectivity index (χ2n) is 20.3. The van der Waals surface area contributed by atoms with Gasteiger partial charge in [0.15, 0.2) is 0 Å². The Morgan fingerprint density at radius 2 is 0.627 bits per heavy atom. The standard InChI is InChI=1S/C61H115NO5/c1-3-5-7-9-11-13-15-17-19-21-23-24-25-26-27-28-29-30-31-32-33-34-35-37-39-41-43-45-47-49-51-53-55-59(65)61(67)62-57(56-63)60(66)58(64)54-52-50-48-46-44-42-40-38-36-22-20-18-16-14-12-10-8-6-4-2/h18,20,26-27,38,40,46,48,57-60,63-66H,3-17,19,21-25,28-37,39,41-45,47,49-56H2,1-2H3,(H,62,67)/b20-18+,27-26-,40-38+,48-46+. The SMILES string of the molecule is CCCCCCCC/C=C/CC/C=C/CC/C=C/CCCC(O)C(O)C(CO)NC(=O)C(O)CCCCCCCCCCCCCCCCCC/C=C\CCCCCCCCCCCCCC. The largest absolute Gasteiger partial charge is 0.394 e. The van der Waals surface area contributed by atoms with Crippen molar-refractivity contribution in [1.82, 2.24) is 5.32 Å². The highest BCUT2D eigenvalue weighted by Gasteiger charge is 2.28. The lowest BCUT2D eigenvalue weighted by Gasteiger charge is -2.27. The van der Waals surface area contributed by atoms with Gasteiger partial charge in [0.1, 0.15) is 12.2 Å². The van der Waals surface area contributed by atoms with Crippen LogP contribution in [-0.2, 0) is 4.79 Å². The molecule has 0 spiro atoms. The number of hydrogen-bond acceptors (Lipinski definition) is 5. The van der Waals surface area contributed by atoms with Gasteiger partial charge in [-0.2, -0.15) is 0 Å². The zero-order valence-corrected chi connectivity index (χ0v) is 44.7. The molecule has 0 aromatic rings. The molecule has 394 valence electrons. The molecule has 5 N–H and O–H groups in total. The second-order valence-corrected chi connectivity index (χ2v) is 20.3. The maximum Gasteiger partial charge on any atom is 0.249 e. The molecule has 0 bridgehead atoms. The molecule has 0 heterocycles. The number of unbranched alkanes of at least 4 members (excludes halogenated alkanes) is 37. The van der Waals surface area contributed by atoms with Crippen molar-refractivity contribution in [3.8, 4) is 0 Å². The zero-order valence-electron chi connectivity index (χ0n) is 44.7. The lowest BCUT2D eigenvalue weighted by Crippen LogP contribution is -2.53. The van der Waals surface area contributed by atoms with Crippen molar-refractivity contribution in [3.05, 3.63) is 48.6 Å². The molecule has 1 amide bonds. The van der Waals surface area contributed by atoms with Crippen molar-refractivity contribution >= 4 is 5.91 Å². The summed E-state index contributed by atoms with van der Waals surface area (Å²) in [6.07, 6.45) is 70.5. The molecule has 0 saturated carbocycles. The van der Waals surface area contributed by atoms with Crippen LogP contribution in [0.3, 0.4) is 0 Å². The number of nitrogens with one attached hydrogen (secondary N) is 1. The number of rotatable bonds is 54. The number of aliphatic hydroxyl groups is 4. The molecule has 0 rings (SSSR count). The molecule has 0 saturated heterocycles. The maximum absolute atomic E-state index is 12.6. The normalized spacial score (nSPS) is 14.1. The van der Waals surface area contributed by atoms with E-state index in [-0.39, 0.29) is 0 Å². The quantitative estimate of drug-likeness (QED) is 0.0308. The van der Waals surface area contributed by atoms with E-state index >= 15 is 0 Å². The number of carbonyl (C=O) groups is 1. The lowest BCUT2D eigenvalue weighted by atomic mass is 10.00. The molecular weight excluding hydrogens is 827 g/mol. The topological polar surface area (TPSA) is 110 Å². The van der Waals surface area contributed by atoms with E-state index in [0.717, 1.165) is 51.4 Å². The number of allylic oxidation sites excluding steroid dienone is 8. The molecule has 0 fully saturated rings. The van der Waals surface area contributed by atoms with Gasteiger partial charge in [-0.25, -0.2) is 0 Å². The predicted molar refractivity (Wildman–Crippen MR) is 293 cm³/mol. The summed E-state index contributed by atoms with van der Waals surface area (Å²) in [7, 11) is 0. The van der Waals surface area contributed by atoms with Gasteiger partial charge in [0.25, 0.3) is 0 Å². The van der Waals surface area contributed by atoms with Gasteiger partial charge < -0.3 is 25.7 Å². The number of amides is 1. The van der Waals surface area contributed by atoms with E-state index in [2.05, 4.69) is 67.8 Å². The first-order valence-corrected chi connectivity index (χ1v) is 29.5. The third-order valence-corrected chi connectivity index (χ3v) is 13.7. The number of carbonyl (C=O) groups excluding carboxylic acids is 1. The van der Waals surface area contributed by atoms with E-state index in [1.54, 1.807) is 0 Å². The Bertz CT molecular complexity index is 1100. The molecule has 0 aromatic carbocycles. The predicted octanol–water partition coefficient (Wildman–Crippen LogP) is 17.4. The minimum Gasteiger partial charge on any atom is -0.394 e. The van der Waals surface area contributed by atoms with Gasteiger partial charge in [-0.15, -0.1) is 0 Å². The van der Waals surface area contributed by atoms with E-state index in [9.17, 15) is 25.2 Å². The van der Waals surface area contributed by atoms with Crippen molar-refractivity contribution in [2.75, 3.05) is 6.61 Å². The summed E-state index contributed by atoms with van der Waals surface area (Å²) in [4.78, 5) is 12.6. The van der Waals surface area contributed by atoms with Crippen LogP contribution in [0.4, 0.5) is 0 Å². The van der Waals surface area contributed by atoms with Crippen LogP contribution in [0.1, 0.15) is 303 Å². The second kappa shape index (κ2) is 55.2. The average Bonchev–Trinajstić information content (AvgIpc) is 3.33. The Kier molecular flexibility index (Phi) is 53.8. The maximum atomic E-state index is 12.6. The Morgan fingerprint density at radius 1 is 0.358 bits per heavy atom. The Hall–Kier alpha value is -1.73. The minimum atomic E-state index is -1.29. The first kappa shape index (κ1) is 65.3. The zero-order chi connectivity index (χ0) is 48.8. The summed E-state index contributed by atoms with van der Waals surface area (Å²) in [5.74, 6) is -0.597. The van der Waals surface area contributed by atoms with Gasteiger partial charge in [-0.1, -0.05) is 262 Å². The summed E-state index contributed by atoms with van der Waals surface area (Å²) < 4.78 is 0. The van der Waals surface area contributed by atoms with Crippen molar-refractivity contribution in [3.63, 3.8) is 0 Å². The van der Waals surface area contributed by atoms with Crippen LogP contribution in [0.2, 0.25) is 0 Å². The summed E-state index contributed by atoms with van der Waals surface area (Å²) in [6, 6.07) is -1.01. The fourth-order valence-corrected chi connectivity index (χ4v) is 9.08. The molecule has 0 aliphatic heterocycles. The van der Waals surface area contributed by atoms with Crippen LogP contribution >= 0.6 is 0 Å². The van der Waals surface area contributed by atoms with Crippen LogP contribution in [0.25, 0.3) is 0 Å². The highest BCUT2D eigenvalue weighted by Crippen LogP contribution is 2.17. The molecular formula is C61H115NO5. The van der Waals surface area contributed by atoms with Gasteiger partial charge in [0, 0.05) is 0 Å². The van der Waals surface area contributed by atoms with Crippen molar-refractivity contribution < 1.29 is 25.2 Å². The van der Waals surface area contributed by atoms with Gasteiger partial charge in [-0.05, 0) is 89.9 Å². The molecule has 67 heavy (non-hydrogen) atoms. The van der Waals surface area contributed by atoms with Crippen molar-refractivity contribution in [1.29, 1.82) is 0 Å². The highest BCUT2D eigenvalue weighted by atomic mass is 16.3. The molecule has 6 nitrogen and oxygen atoms in total. The highest BCUT2D eigenvalue weighted by molar-refractivity contribution is 5.80. The van der Waals surface area contributed by atoms with E-state index in [0.29, 0.717) is 19.3 Å². The van der Waals surface area contributed by atoms with Crippen LogP contribution in [-0.4, -0.2) is 57.3 Å². The van der Waals surface area contributed by atoms with Crippen LogP contribution in [0, 0.1) is 0 Å². The molecule has 4 atom stereocenters. The monoisotopic (exact) mass is 942 g/mol. The fourth-order valence-electron chi connectivity index (χ4n) is 9.08. The van der Waals surface area contributed by atoms with E-state index in [1.807, 2.05) is 0 Å². The molecule has 0 aromatic heterocycles. The molecule has 0 aliphatic rings. The Balaban J connectivity index is 3.63. The van der Waals surface area contributed by atoms with Gasteiger partial charge >= 0.3 is 0 Å².